The van der Waals surface area contributed by atoms with Gasteiger partial charge >= 0.3 is 5.97 Å². The third-order valence-electron chi connectivity index (χ3n) is 8.24. The lowest BCUT2D eigenvalue weighted by molar-refractivity contribution is -0.141. The number of rotatable bonds is 8. The zero-order valence-corrected chi connectivity index (χ0v) is 22.9. The van der Waals surface area contributed by atoms with E-state index in [1.807, 2.05) is 6.08 Å². The first-order valence-electron chi connectivity index (χ1n) is 13.0. The van der Waals surface area contributed by atoms with Crippen molar-refractivity contribution in [1.82, 2.24) is 4.90 Å². The predicted molar refractivity (Wildman–Crippen MR) is 142 cm³/mol. The molecule has 0 saturated carbocycles. The summed E-state index contributed by atoms with van der Waals surface area (Å²) in [7, 11) is 1.49. The molecular formula is C29H28BrNO8. The van der Waals surface area contributed by atoms with E-state index >= 15 is 0 Å². The molecule has 4 atom stereocenters. The van der Waals surface area contributed by atoms with Gasteiger partial charge in [-0.25, -0.2) is 0 Å². The van der Waals surface area contributed by atoms with E-state index < -0.39 is 29.6 Å². The Kier molecular flexibility index (Phi) is 7.33. The standard InChI is InChI=1S/C29H28BrNO8/c1-39-14-6-9-21(32)18(11-14)24-15-7-8-16-25(17(15)12-19-26(24)22(33)13-20(30)27(19)36)29(38)31(28(16)37)10-4-2-3-5-23(34)35/h6-7,9,11,13,16-17,24-25,32H,2-5,8,10,12H2,1H3,(H,34,35)/t16-,17+,24+,25-/m0/s1. The van der Waals surface area contributed by atoms with Crippen LogP contribution in [0.1, 0.15) is 50.0 Å². The first kappa shape index (κ1) is 27.1. The fraction of sp³-hybridized carbons (Fsp3) is 0.414. The minimum absolute atomic E-state index is 0.0369. The molecule has 3 aliphatic carbocycles. The normalized spacial score (nSPS) is 26.2. The van der Waals surface area contributed by atoms with Gasteiger partial charge in [0.1, 0.15) is 11.5 Å². The fourth-order valence-electron chi connectivity index (χ4n) is 6.46. The molecule has 2 amide bonds. The largest absolute Gasteiger partial charge is 0.508 e. The number of hydrogen-bond donors (Lipinski definition) is 2. The minimum Gasteiger partial charge on any atom is -0.508 e. The van der Waals surface area contributed by atoms with Gasteiger partial charge in [-0.2, -0.15) is 0 Å². The number of phenols is 1. The number of methoxy groups -OCH3 is 1. The van der Waals surface area contributed by atoms with Crippen molar-refractivity contribution in [2.45, 2.75) is 44.4 Å². The number of likely N-dealkylation sites (tertiary alicyclic amines) is 1. The SMILES string of the molecule is COc1ccc(O)c([C@H]2C3=CC[C@@H]4C(=O)N(CCCCCC(=O)O)C(=O)[C@@H]4[C@@H]3CC3=C2C(=O)C=C(Br)C3=O)c1. The van der Waals surface area contributed by atoms with Crippen molar-refractivity contribution in [3.63, 3.8) is 0 Å². The molecule has 1 aromatic rings. The Balaban J connectivity index is 1.52. The molecule has 1 heterocycles. The van der Waals surface area contributed by atoms with E-state index in [1.165, 1.54) is 24.2 Å². The van der Waals surface area contributed by atoms with Crippen molar-refractivity contribution in [2.24, 2.45) is 17.8 Å². The second-order valence-electron chi connectivity index (χ2n) is 10.4. The van der Waals surface area contributed by atoms with Crippen molar-refractivity contribution in [3.8, 4) is 11.5 Å². The van der Waals surface area contributed by atoms with Crippen molar-refractivity contribution in [1.29, 1.82) is 0 Å². The summed E-state index contributed by atoms with van der Waals surface area (Å²) in [6.07, 6.45) is 5.18. The van der Waals surface area contributed by atoms with Crippen LogP contribution in [0.4, 0.5) is 0 Å². The third kappa shape index (κ3) is 4.64. The van der Waals surface area contributed by atoms with Crippen LogP contribution in [0.5, 0.6) is 11.5 Å². The average Bonchev–Trinajstić information content (AvgIpc) is 3.15. The third-order valence-corrected chi connectivity index (χ3v) is 8.83. The average molecular weight is 598 g/mol. The number of carbonyl (C=O) groups excluding carboxylic acids is 4. The molecule has 39 heavy (non-hydrogen) atoms. The molecule has 10 heteroatoms. The van der Waals surface area contributed by atoms with Crippen LogP contribution >= 0.6 is 15.9 Å². The van der Waals surface area contributed by atoms with E-state index in [9.17, 15) is 29.1 Å². The number of benzene rings is 1. The van der Waals surface area contributed by atoms with Crippen LogP contribution in [0.25, 0.3) is 0 Å². The lowest BCUT2D eigenvalue weighted by Crippen LogP contribution is -2.39. The number of unbranched alkanes of at least 4 members (excludes halogenated alkanes) is 2. The number of nitrogens with zero attached hydrogens (tertiary/aromatic N) is 1. The van der Waals surface area contributed by atoms with Crippen LogP contribution in [-0.2, 0) is 24.0 Å². The molecule has 0 aromatic heterocycles. The quantitative estimate of drug-likeness (QED) is 0.200. The first-order valence-corrected chi connectivity index (χ1v) is 13.8. The van der Waals surface area contributed by atoms with Gasteiger partial charge in [0.05, 0.1) is 23.4 Å². The Morgan fingerprint density at radius 3 is 2.59 bits per heavy atom. The second kappa shape index (κ2) is 10.6. The predicted octanol–water partition coefficient (Wildman–Crippen LogP) is 3.81. The zero-order chi connectivity index (χ0) is 28.0. The number of amides is 2. The number of hydrogen-bond acceptors (Lipinski definition) is 7. The molecule has 4 aliphatic rings. The molecule has 0 radical (unpaired) electrons. The number of ketones is 2. The molecule has 0 unspecified atom stereocenters. The van der Waals surface area contributed by atoms with Gasteiger partial charge in [-0.05, 0) is 65.7 Å². The van der Waals surface area contributed by atoms with Crippen molar-refractivity contribution in [3.05, 3.63) is 57.1 Å². The summed E-state index contributed by atoms with van der Waals surface area (Å²) in [4.78, 5) is 65.6. The van der Waals surface area contributed by atoms with E-state index in [1.54, 1.807) is 12.1 Å². The van der Waals surface area contributed by atoms with Gasteiger partial charge in [-0.15, -0.1) is 0 Å². The van der Waals surface area contributed by atoms with Crippen LogP contribution in [0, 0.1) is 17.8 Å². The van der Waals surface area contributed by atoms with Crippen molar-refractivity contribution >= 4 is 45.3 Å². The number of halogens is 1. The van der Waals surface area contributed by atoms with Gasteiger partial charge in [-0.1, -0.05) is 18.1 Å². The molecule has 0 bridgehead atoms. The van der Waals surface area contributed by atoms with E-state index in [0.717, 1.165) is 5.57 Å². The molecule has 2 N–H and O–H groups in total. The van der Waals surface area contributed by atoms with E-state index in [2.05, 4.69) is 15.9 Å². The summed E-state index contributed by atoms with van der Waals surface area (Å²) in [6.45, 7) is 0.214. The number of carboxylic acid groups (broad SMARTS) is 1. The fourth-order valence-corrected chi connectivity index (χ4v) is 6.91. The highest BCUT2D eigenvalue weighted by Crippen LogP contribution is 2.56. The number of aromatic hydroxyl groups is 1. The number of Topliss-reactive ketones (excluding diaryl/α,β-unsaturated/α-hetero) is 1. The van der Waals surface area contributed by atoms with Gasteiger partial charge in [0.2, 0.25) is 11.8 Å². The number of imide groups is 1. The lowest BCUT2D eigenvalue weighted by Gasteiger charge is -2.42. The summed E-state index contributed by atoms with van der Waals surface area (Å²) in [5.41, 5.74) is 1.71. The Bertz CT molecular complexity index is 1390. The van der Waals surface area contributed by atoms with Gasteiger partial charge in [-0.3, -0.25) is 28.9 Å². The van der Waals surface area contributed by atoms with Crippen LogP contribution in [0.3, 0.4) is 0 Å². The molecule has 204 valence electrons. The van der Waals surface area contributed by atoms with Crippen molar-refractivity contribution < 1.29 is 38.9 Å². The van der Waals surface area contributed by atoms with Gasteiger partial charge in [0.15, 0.2) is 11.6 Å². The number of carboxylic acids is 1. The van der Waals surface area contributed by atoms with E-state index in [0.29, 0.717) is 37.0 Å². The lowest BCUT2D eigenvalue weighted by atomic mass is 9.59. The van der Waals surface area contributed by atoms with Crippen molar-refractivity contribution in [2.75, 3.05) is 13.7 Å². The molecule has 1 aliphatic heterocycles. The van der Waals surface area contributed by atoms with Crippen LogP contribution in [0.15, 0.2) is 51.6 Å². The topological polar surface area (TPSA) is 138 Å². The highest BCUT2D eigenvalue weighted by atomic mass is 79.9. The van der Waals surface area contributed by atoms with Gasteiger partial charge < -0.3 is 14.9 Å². The number of ether oxygens (including phenoxy) is 1. The molecule has 9 nitrogen and oxygen atoms in total. The molecule has 1 fully saturated rings. The Morgan fingerprint density at radius 2 is 1.87 bits per heavy atom. The molecule has 1 saturated heterocycles. The number of fused-ring (bicyclic) bond motifs is 3. The summed E-state index contributed by atoms with van der Waals surface area (Å²) in [5.74, 6) is -4.26. The molecule has 1 aromatic carbocycles. The summed E-state index contributed by atoms with van der Waals surface area (Å²) in [6, 6.07) is 4.70. The minimum atomic E-state index is -0.882. The zero-order valence-electron chi connectivity index (χ0n) is 21.3. The number of phenolic OH excluding ortho intramolecular Hbond substituents is 1. The molecular weight excluding hydrogens is 570 g/mol. The van der Waals surface area contributed by atoms with Crippen LogP contribution in [-0.4, -0.2) is 58.1 Å². The molecule has 0 spiro atoms. The number of carbonyl (C=O) groups is 5. The summed E-state index contributed by atoms with van der Waals surface area (Å²) < 4.78 is 5.50. The molecule has 5 rings (SSSR count). The van der Waals surface area contributed by atoms with E-state index in [4.69, 9.17) is 9.84 Å². The van der Waals surface area contributed by atoms with Crippen LogP contribution < -0.4 is 4.74 Å². The Morgan fingerprint density at radius 1 is 1.10 bits per heavy atom. The second-order valence-corrected chi connectivity index (χ2v) is 11.2. The number of allylic oxidation sites excluding steroid dienone is 6. The van der Waals surface area contributed by atoms with Crippen LogP contribution in [0.2, 0.25) is 0 Å². The highest BCUT2D eigenvalue weighted by molar-refractivity contribution is 9.12. The maximum Gasteiger partial charge on any atom is 0.303 e. The Labute approximate surface area is 233 Å². The van der Waals surface area contributed by atoms with Gasteiger partial charge in [0, 0.05) is 41.7 Å². The highest BCUT2D eigenvalue weighted by Gasteiger charge is 2.56. The maximum absolute atomic E-state index is 13.7. The first-order chi connectivity index (χ1) is 18.6. The smallest absolute Gasteiger partial charge is 0.303 e. The summed E-state index contributed by atoms with van der Waals surface area (Å²) in [5, 5.41) is 19.7. The maximum atomic E-state index is 13.7. The Hall–Kier alpha value is -3.53. The number of aliphatic carboxylic acids is 1. The monoisotopic (exact) mass is 597 g/mol. The van der Waals surface area contributed by atoms with E-state index in [-0.39, 0.29) is 64.1 Å². The summed E-state index contributed by atoms with van der Waals surface area (Å²) >= 11 is 3.20. The van der Waals surface area contributed by atoms with Gasteiger partial charge in [0.25, 0.3) is 0 Å².